The lowest BCUT2D eigenvalue weighted by Gasteiger charge is -2.38. The van der Waals surface area contributed by atoms with Crippen molar-refractivity contribution in [2.24, 2.45) is 5.92 Å². The van der Waals surface area contributed by atoms with E-state index in [1.807, 2.05) is 44.3 Å². The zero-order chi connectivity index (χ0) is 29.5. The summed E-state index contributed by atoms with van der Waals surface area (Å²) in [6.07, 6.45) is -0.0712. The molecule has 0 saturated heterocycles. The van der Waals surface area contributed by atoms with E-state index < -0.39 is 12.0 Å². The zero-order valence-corrected chi connectivity index (χ0v) is 23.6. The van der Waals surface area contributed by atoms with Crippen LogP contribution < -0.4 is 10.1 Å². The van der Waals surface area contributed by atoms with Crippen molar-refractivity contribution in [3.8, 4) is 5.75 Å². The summed E-state index contributed by atoms with van der Waals surface area (Å²) in [4.78, 5) is 41.3. The second-order valence-electron chi connectivity index (χ2n) is 10.7. The van der Waals surface area contributed by atoms with Crippen LogP contribution in [-0.2, 0) is 17.8 Å². The lowest BCUT2D eigenvalue weighted by molar-refractivity contribution is -0.115. The Morgan fingerprint density at radius 3 is 2.44 bits per heavy atom. The van der Waals surface area contributed by atoms with E-state index in [1.54, 1.807) is 54.3 Å². The number of fused-ring (bicyclic) bond motifs is 1. The van der Waals surface area contributed by atoms with Crippen LogP contribution in [0, 0.1) is 5.92 Å². The van der Waals surface area contributed by atoms with Crippen molar-refractivity contribution < 1.29 is 29.3 Å². The fourth-order valence-corrected chi connectivity index (χ4v) is 4.94. The van der Waals surface area contributed by atoms with Gasteiger partial charge in [-0.05, 0) is 55.4 Å². The molecule has 0 fully saturated rings. The third-order valence-electron chi connectivity index (χ3n) is 7.30. The van der Waals surface area contributed by atoms with Crippen molar-refractivity contribution in [3.63, 3.8) is 0 Å². The second kappa shape index (κ2) is 13.4. The lowest BCUT2D eigenvalue weighted by atomic mass is 9.99. The Balaban J connectivity index is 1.54. The molecule has 3 aromatic carbocycles. The molecular weight excluding hydrogens is 522 g/mol. The number of rotatable bonds is 10. The molecule has 0 unspecified atom stereocenters. The number of carboxylic acid groups (broad SMARTS) is 1. The van der Waals surface area contributed by atoms with E-state index in [9.17, 15) is 19.5 Å². The molecule has 0 aromatic heterocycles. The maximum absolute atomic E-state index is 13.7. The number of carboxylic acids is 1. The standard InChI is InChI=1S/C32H37N3O6/c1-21-17-35(22(2)20-36)31(38)27-16-26(33-30(37)15-23-7-5-4-6-8-23)13-14-28(27)41-29(21)19-34(3)18-24-9-11-25(12-10-24)32(39)40/h4-14,16,21-22,29,36H,15,17-20H2,1-3H3,(H,33,37)(H,39,40)/t21-,22-,29-/m0/s1. The van der Waals surface area contributed by atoms with Crippen LogP contribution in [-0.4, -0.2) is 76.7 Å². The van der Waals surface area contributed by atoms with Gasteiger partial charge in [-0.3, -0.25) is 14.5 Å². The highest BCUT2D eigenvalue weighted by Crippen LogP contribution is 2.31. The predicted octanol–water partition coefficient (Wildman–Crippen LogP) is 3.92. The number of likely N-dealkylation sites (N-methyl/N-ethyl adjacent to an activating group) is 1. The molecule has 3 atom stereocenters. The molecule has 0 aliphatic carbocycles. The molecule has 0 saturated carbocycles. The first-order valence-electron chi connectivity index (χ1n) is 13.7. The molecule has 41 heavy (non-hydrogen) atoms. The first-order valence-corrected chi connectivity index (χ1v) is 13.7. The number of aliphatic hydroxyl groups excluding tert-OH is 1. The van der Waals surface area contributed by atoms with E-state index in [0.717, 1.165) is 11.1 Å². The summed E-state index contributed by atoms with van der Waals surface area (Å²) < 4.78 is 6.45. The Morgan fingerprint density at radius 2 is 1.78 bits per heavy atom. The number of nitrogens with one attached hydrogen (secondary N) is 1. The topological polar surface area (TPSA) is 119 Å². The molecule has 1 aliphatic heterocycles. The van der Waals surface area contributed by atoms with Crippen LogP contribution in [0.25, 0.3) is 0 Å². The number of carbonyl (C=O) groups excluding carboxylic acids is 2. The number of benzene rings is 3. The molecule has 2 amide bonds. The Morgan fingerprint density at radius 1 is 1.07 bits per heavy atom. The van der Waals surface area contributed by atoms with E-state index in [2.05, 4.69) is 10.2 Å². The maximum Gasteiger partial charge on any atom is 0.335 e. The number of anilines is 1. The van der Waals surface area contributed by atoms with Crippen LogP contribution in [0.1, 0.15) is 45.7 Å². The van der Waals surface area contributed by atoms with Crippen LogP contribution in [0.5, 0.6) is 5.75 Å². The van der Waals surface area contributed by atoms with Gasteiger partial charge in [0.2, 0.25) is 5.91 Å². The smallest absolute Gasteiger partial charge is 0.335 e. The van der Waals surface area contributed by atoms with E-state index in [1.165, 1.54) is 0 Å². The summed E-state index contributed by atoms with van der Waals surface area (Å²) in [7, 11) is 1.96. The average Bonchev–Trinajstić information content (AvgIpc) is 2.95. The van der Waals surface area contributed by atoms with E-state index >= 15 is 0 Å². The number of aromatic carboxylic acids is 1. The first kappa shape index (κ1) is 29.8. The lowest BCUT2D eigenvalue weighted by Crippen LogP contribution is -2.49. The first-order chi connectivity index (χ1) is 19.6. The van der Waals surface area contributed by atoms with E-state index in [4.69, 9.17) is 9.84 Å². The molecule has 4 rings (SSSR count). The molecule has 0 spiro atoms. The van der Waals surface area contributed by atoms with Crippen molar-refractivity contribution in [2.45, 2.75) is 39.0 Å². The number of amides is 2. The van der Waals surface area contributed by atoms with Crippen molar-refractivity contribution in [1.29, 1.82) is 0 Å². The van der Waals surface area contributed by atoms with Crippen LogP contribution >= 0.6 is 0 Å². The quantitative estimate of drug-likeness (QED) is 0.345. The molecule has 1 heterocycles. The number of carbonyl (C=O) groups is 3. The highest BCUT2D eigenvalue weighted by molar-refractivity contribution is 6.00. The van der Waals surface area contributed by atoms with Crippen molar-refractivity contribution >= 4 is 23.5 Å². The number of nitrogens with zero attached hydrogens (tertiary/aromatic N) is 2. The van der Waals surface area contributed by atoms with Crippen molar-refractivity contribution in [2.75, 3.05) is 32.1 Å². The van der Waals surface area contributed by atoms with E-state index in [0.29, 0.717) is 36.6 Å². The Bertz CT molecular complexity index is 1360. The summed E-state index contributed by atoms with van der Waals surface area (Å²) in [6.45, 7) is 5.16. The SMILES string of the molecule is C[C@H]1CN([C@@H](C)CO)C(=O)c2cc(NC(=O)Cc3ccccc3)ccc2O[C@H]1CN(C)Cc1ccc(C(=O)O)cc1. The van der Waals surface area contributed by atoms with Crippen LogP contribution in [0.3, 0.4) is 0 Å². The van der Waals surface area contributed by atoms with Crippen LogP contribution in [0.15, 0.2) is 72.8 Å². The minimum atomic E-state index is -0.963. The monoisotopic (exact) mass is 559 g/mol. The number of hydrogen-bond acceptors (Lipinski definition) is 6. The molecule has 0 bridgehead atoms. The van der Waals surface area contributed by atoms with Gasteiger partial charge in [0, 0.05) is 31.2 Å². The second-order valence-corrected chi connectivity index (χ2v) is 10.7. The van der Waals surface area contributed by atoms with Gasteiger partial charge in [0.1, 0.15) is 11.9 Å². The largest absolute Gasteiger partial charge is 0.488 e. The molecule has 9 nitrogen and oxygen atoms in total. The minimum Gasteiger partial charge on any atom is -0.488 e. The number of ether oxygens (including phenoxy) is 1. The molecule has 0 radical (unpaired) electrons. The highest BCUT2D eigenvalue weighted by atomic mass is 16.5. The molecule has 216 valence electrons. The Labute approximate surface area is 240 Å². The van der Waals surface area contributed by atoms with Crippen molar-refractivity contribution in [3.05, 3.63) is 95.1 Å². The Kier molecular flexibility index (Phi) is 9.75. The summed E-state index contributed by atoms with van der Waals surface area (Å²) in [5, 5.41) is 22.0. The summed E-state index contributed by atoms with van der Waals surface area (Å²) in [5.41, 5.74) is 2.91. The molecule has 3 aromatic rings. The molecule has 1 aliphatic rings. The summed E-state index contributed by atoms with van der Waals surface area (Å²) in [5.74, 6) is -1.06. The normalized spacial score (nSPS) is 17.7. The fraction of sp³-hybridized carbons (Fsp3) is 0.344. The van der Waals surface area contributed by atoms with E-state index in [-0.39, 0.29) is 42.4 Å². The molecule has 3 N–H and O–H groups in total. The van der Waals surface area contributed by atoms with Gasteiger partial charge < -0.3 is 25.2 Å². The van der Waals surface area contributed by atoms with Gasteiger partial charge >= 0.3 is 5.97 Å². The summed E-state index contributed by atoms with van der Waals surface area (Å²) >= 11 is 0. The van der Waals surface area contributed by atoms with Gasteiger partial charge in [-0.2, -0.15) is 0 Å². The van der Waals surface area contributed by atoms with Gasteiger partial charge in [0.05, 0.1) is 30.2 Å². The number of hydrogen-bond donors (Lipinski definition) is 3. The summed E-state index contributed by atoms with van der Waals surface area (Å²) in [6, 6.07) is 20.9. The molecule has 9 heteroatoms. The molecular formula is C32H37N3O6. The Hall–Kier alpha value is -4.21. The minimum absolute atomic E-state index is 0.0526. The maximum atomic E-state index is 13.7. The number of aliphatic hydroxyl groups is 1. The van der Waals surface area contributed by atoms with Crippen molar-refractivity contribution in [1.82, 2.24) is 9.80 Å². The van der Waals surface area contributed by atoms with Gasteiger partial charge in [0.25, 0.3) is 5.91 Å². The fourth-order valence-electron chi connectivity index (χ4n) is 4.94. The van der Waals surface area contributed by atoms with Gasteiger partial charge in [-0.15, -0.1) is 0 Å². The third kappa shape index (κ3) is 7.71. The zero-order valence-electron chi connectivity index (χ0n) is 23.6. The van der Waals surface area contributed by atoms with Crippen LogP contribution in [0.4, 0.5) is 5.69 Å². The van der Waals surface area contributed by atoms with Gasteiger partial charge in [-0.1, -0.05) is 49.4 Å². The third-order valence-corrected chi connectivity index (χ3v) is 7.30. The highest BCUT2D eigenvalue weighted by Gasteiger charge is 2.33. The van der Waals surface area contributed by atoms with Crippen LogP contribution in [0.2, 0.25) is 0 Å². The average molecular weight is 560 g/mol. The van der Waals surface area contributed by atoms with Gasteiger partial charge in [-0.25, -0.2) is 4.79 Å². The predicted molar refractivity (Wildman–Crippen MR) is 156 cm³/mol. The van der Waals surface area contributed by atoms with Gasteiger partial charge in [0.15, 0.2) is 0 Å².